The highest BCUT2D eigenvalue weighted by Crippen LogP contribution is 2.27. The second-order valence-electron chi connectivity index (χ2n) is 5.81. The van der Waals surface area contributed by atoms with E-state index in [4.69, 9.17) is 18.9 Å². The summed E-state index contributed by atoms with van der Waals surface area (Å²) in [5, 5.41) is 3.93. The summed E-state index contributed by atoms with van der Waals surface area (Å²) in [6.45, 7) is 3.43. The number of hydrazone groups is 1. The van der Waals surface area contributed by atoms with Crippen molar-refractivity contribution in [1.82, 2.24) is 5.43 Å². The van der Waals surface area contributed by atoms with Crippen LogP contribution in [-0.4, -0.2) is 44.5 Å². The van der Waals surface area contributed by atoms with E-state index in [0.717, 1.165) is 0 Å². The van der Waals surface area contributed by atoms with Crippen LogP contribution >= 0.6 is 0 Å². The number of ether oxygens (including phenoxy) is 4. The molecule has 1 amide bonds. The number of carbonyl (C=O) groups is 2. The van der Waals surface area contributed by atoms with Crippen LogP contribution in [0.5, 0.6) is 17.2 Å². The van der Waals surface area contributed by atoms with Crippen LogP contribution in [0, 0.1) is 0 Å². The molecule has 1 N–H and O–H groups in total. The topological polar surface area (TPSA) is 95.5 Å². The average molecular weight is 400 g/mol. The number of hydrogen-bond donors (Lipinski definition) is 1. The van der Waals surface area contributed by atoms with Crippen molar-refractivity contribution in [3.63, 3.8) is 0 Å². The van der Waals surface area contributed by atoms with Gasteiger partial charge in [-0.25, -0.2) is 10.2 Å². The van der Waals surface area contributed by atoms with Crippen molar-refractivity contribution >= 4 is 18.1 Å². The molecule has 0 aliphatic heterocycles. The van der Waals surface area contributed by atoms with Gasteiger partial charge in [0, 0.05) is 0 Å². The Morgan fingerprint density at radius 3 is 2.59 bits per heavy atom. The van der Waals surface area contributed by atoms with Gasteiger partial charge in [0.05, 0.1) is 19.9 Å². The molecule has 0 heterocycles. The minimum absolute atomic E-state index is 0.215. The fourth-order valence-corrected chi connectivity index (χ4v) is 2.24. The lowest BCUT2D eigenvalue weighted by Crippen LogP contribution is -2.33. The Hall–Kier alpha value is -3.55. The SMILES string of the molecule is CCOC(=O)COc1ccc(/C=N/NC(=O)[C@H](C)Oc2ccccc2)cc1OC. The maximum Gasteiger partial charge on any atom is 0.344 e. The summed E-state index contributed by atoms with van der Waals surface area (Å²) in [5.74, 6) is 0.570. The summed E-state index contributed by atoms with van der Waals surface area (Å²) >= 11 is 0. The van der Waals surface area contributed by atoms with E-state index in [2.05, 4.69) is 10.5 Å². The molecule has 0 bridgehead atoms. The quantitative estimate of drug-likeness (QED) is 0.374. The Kier molecular flexibility index (Phi) is 8.50. The molecule has 0 fully saturated rings. The Morgan fingerprint density at radius 2 is 1.90 bits per heavy atom. The lowest BCUT2D eigenvalue weighted by atomic mass is 10.2. The van der Waals surface area contributed by atoms with Gasteiger partial charge in [-0.05, 0) is 49.7 Å². The van der Waals surface area contributed by atoms with Crippen LogP contribution in [0.3, 0.4) is 0 Å². The third kappa shape index (κ3) is 7.17. The van der Waals surface area contributed by atoms with E-state index in [1.54, 1.807) is 44.2 Å². The standard InChI is InChI=1S/C21H24N2O6/c1-4-27-20(24)14-28-18-11-10-16(12-19(18)26-3)13-22-23-21(25)15(2)29-17-8-6-5-7-9-17/h5-13,15H,4,14H2,1-3H3,(H,23,25)/b22-13+/t15-/m0/s1. The van der Waals surface area contributed by atoms with E-state index in [-0.39, 0.29) is 19.1 Å². The van der Waals surface area contributed by atoms with Gasteiger partial charge < -0.3 is 18.9 Å². The summed E-state index contributed by atoms with van der Waals surface area (Å²) in [7, 11) is 1.48. The first-order valence-corrected chi connectivity index (χ1v) is 9.04. The second-order valence-corrected chi connectivity index (χ2v) is 5.81. The fourth-order valence-electron chi connectivity index (χ4n) is 2.24. The molecule has 0 aromatic heterocycles. The predicted octanol–water partition coefficient (Wildman–Crippen LogP) is 2.55. The summed E-state index contributed by atoms with van der Waals surface area (Å²) < 4.78 is 21.0. The highest BCUT2D eigenvalue weighted by atomic mass is 16.6. The van der Waals surface area contributed by atoms with Crippen LogP contribution in [-0.2, 0) is 14.3 Å². The Bertz CT molecular complexity index is 838. The van der Waals surface area contributed by atoms with Crippen molar-refractivity contribution in [1.29, 1.82) is 0 Å². The normalized spacial score (nSPS) is 11.6. The number of nitrogens with one attached hydrogen (secondary N) is 1. The first-order chi connectivity index (χ1) is 14.0. The molecular weight excluding hydrogens is 376 g/mol. The molecular formula is C21H24N2O6. The van der Waals surface area contributed by atoms with Crippen molar-refractivity contribution in [3.8, 4) is 17.2 Å². The van der Waals surface area contributed by atoms with Crippen molar-refractivity contribution < 1.29 is 28.5 Å². The number of carbonyl (C=O) groups excluding carboxylic acids is 2. The molecule has 0 aliphatic rings. The summed E-state index contributed by atoms with van der Waals surface area (Å²) in [5.41, 5.74) is 3.10. The van der Waals surface area contributed by atoms with Crippen LogP contribution in [0.4, 0.5) is 0 Å². The van der Waals surface area contributed by atoms with Gasteiger partial charge in [0.2, 0.25) is 0 Å². The molecule has 0 radical (unpaired) electrons. The second kappa shape index (κ2) is 11.3. The van der Waals surface area contributed by atoms with Crippen molar-refractivity contribution in [2.45, 2.75) is 20.0 Å². The van der Waals surface area contributed by atoms with Gasteiger partial charge in [-0.3, -0.25) is 4.79 Å². The number of nitrogens with zero attached hydrogens (tertiary/aromatic N) is 1. The Morgan fingerprint density at radius 1 is 1.14 bits per heavy atom. The van der Waals surface area contributed by atoms with Gasteiger partial charge in [-0.1, -0.05) is 18.2 Å². The van der Waals surface area contributed by atoms with Gasteiger partial charge in [0.15, 0.2) is 24.2 Å². The van der Waals surface area contributed by atoms with E-state index in [0.29, 0.717) is 22.8 Å². The maximum atomic E-state index is 12.1. The summed E-state index contributed by atoms with van der Waals surface area (Å²) in [6, 6.07) is 14.1. The van der Waals surface area contributed by atoms with Gasteiger partial charge in [-0.15, -0.1) is 0 Å². The molecule has 1 atom stereocenters. The average Bonchev–Trinajstić information content (AvgIpc) is 2.73. The highest BCUT2D eigenvalue weighted by Gasteiger charge is 2.13. The zero-order valence-corrected chi connectivity index (χ0v) is 16.6. The molecule has 154 valence electrons. The van der Waals surface area contributed by atoms with E-state index in [1.807, 2.05) is 18.2 Å². The molecule has 8 heteroatoms. The zero-order chi connectivity index (χ0) is 21.1. The van der Waals surface area contributed by atoms with Crippen molar-refractivity contribution in [3.05, 3.63) is 54.1 Å². The van der Waals surface area contributed by atoms with E-state index >= 15 is 0 Å². The number of methoxy groups -OCH3 is 1. The first-order valence-electron chi connectivity index (χ1n) is 9.04. The van der Waals surface area contributed by atoms with E-state index < -0.39 is 12.1 Å². The van der Waals surface area contributed by atoms with Gasteiger partial charge in [-0.2, -0.15) is 5.10 Å². The Labute approximate surface area is 169 Å². The molecule has 2 rings (SSSR count). The predicted molar refractivity (Wildman–Crippen MR) is 107 cm³/mol. The van der Waals surface area contributed by atoms with Crippen molar-refractivity contribution in [2.75, 3.05) is 20.3 Å². The molecule has 2 aromatic carbocycles. The minimum Gasteiger partial charge on any atom is -0.493 e. The minimum atomic E-state index is -0.706. The Balaban J connectivity index is 1.90. The zero-order valence-electron chi connectivity index (χ0n) is 16.6. The monoisotopic (exact) mass is 400 g/mol. The molecule has 2 aromatic rings. The van der Waals surface area contributed by atoms with Crippen LogP contribution in [0.2, 0.25) is 0 Å². The molecule has 0 spiro atoms. The molecule has 0 saturated carbocycles. The maximum absolute atomic E-state index is 12.1. The number of amides is 1. The highest BCUT2D eigenvalue weighted by molar-refractivity contribution is 5.85. The molecule has 0 unspecified atom stereocenters. The molecule has 0 aliphatic carbocycles. The van der Waals surface area contributed by atoms with Crippen molar-refractivity contribution in [2.24, 2.45) is 5.10 Å². The van der Waals surface area contributed by atoms with Crippen LogP contribution in [0.15, 0.2) is 53.6 Å². The van der Waals surface area contributed by atoms with Crippen LogP contribution in [0.25, 0.3) is 0 Å². The third-order valence-corrected chi connectivity index (χ3v) is 3.65. The lowest BCUT2D eigenvalue weighted by Gasteiger charge is -2.12. The third-order valence-electron chi connectivity index (χ3n) is 3.65. The van der Waals surface area contributed by atoms with Gasteiger partial charge >= 0.3 is 5.97 Å². The van der Waals surface area contributed by atoms with E-state index in [1.165, 1.54) is 13.3 Å². The number of rotatable bonds is 10. The molecule has 29 heavy (non-hydrogen) atoms. The number of esters is 1. The number of benzene rings is 2. The number of para-hydroxylation sites is 1. The smallest absolute Gasteiger partial charge is 0.344 e. The summed E-state index contributed by atoms with van der Waals surface area (Å²) in [6.07, 6.45) is 0.757. The van der Waals surface area contributed by atoms with Gasteiger partial charge in [0.25, 0.3) is 5.91 Å². The first kappa shape index (κ1) is 21.7. The largest absolute Gasteiger partial charge is 0.493 e. The van der Waals surface area contributed by atoms with Gasteiger partial charge in [0.1, 0.15) is 5.75 Å². The molecule has 0 saturated heterocycles. The lowest BCUT2D eigenvalue weighted by molar-refractivity contribution is -0.145. The molecule has 8 nitrogen and oxygen atoms in total. The van der Waals surface area contributed by atoms with E-state index in [9.17, 15) is 9.59 Å². The fraction of sp³-hybridized carbons (Fsp3) is 0.286. The number of hydrogen-bond acceptors (Lipinski definition) is 7. The summed E-state index contributed by atoms with van der Waals surface area (Å²) in [4.78, 5) is 23.5. The van der Waals surface area contributed by atoms with Crippen LogP contribution in [0.1, 0.15) is 19.4 Å². The van der Waals surface area contributed by atoms with Crippen LogP contribution < -0.4 is 19.6 Å².